The van der Waals surface area contributed by atoms with E-state index in [4.69, 9.17) is 5.73 Å². The molecule has 1 aliphatic carbocycles. The van der Waals surface area contributed by atoms with Crippen molar-refractivity contribution in [3.05, 3.63) is 34.9 Å². The Hall–Kier alpha value is -0.890. The summed E-state index contributed by atoms with van der Waals surface area (Å²) in [6.07, 6.45) is 2.46. The van der Waals surface area contributed by atoms with Crippen LogP contribution in [0.15, 0.2) is 18.2 Å². The van der Waals surface area contributed by atoms with Gasteiger partial charge in [-0.1, -0.05) is 18.2 Å². The molecule has 1 saturated carbocycles. The molecule has 1 aromatic rings. The van der Waals surface area contributed by atoms with Gasteiger partial charge in [-0.05, 0) is 49.8 Å². The highest BCUT2D eigenvalue weighted by Gasteiger charge is 2.37. The van der Waals surface area contributed by atoms with Gasteiger partial charge in [-0.2, -0.15) is 0 Å². The molecule has 16 heavy (non-hydrogen) atoms. The molecule has 88 valence electrons. The van der Waals surface area contributed by atoms with Crippen molar-refractivity contribution in [2.24, 2.45) is 5.73 Å². The number of halogens is 1. The van der Waals surface area contributed by atoms with Crippen molar-refractivity contribution in [2.45, 2.75) is 51.2 Å². The van der Waals surface area contributed by atoms with Crippen LogP contribution in [0.3, 0.4) is 0 Å². The molecule has 2 heteroatoms. The maximum Gasteiger partial charge on any atom is 0.116 e. The second-order valence-electron chi connectivity index (χ2n) is 5.25. The molecule has 0 saturated heterocycles. The smallest absolute Gasteiger partial charge is 0.116 e. The number of hydrogen-bond acceptors (Lipinski definition) is 1. The summed E-state index contributed by atoms with van der Waals surface area (Å²) in [5, 5.41) is 0. The Morgan fingerprint density at radius 2 is 2.12 bits per heavy atom. The minimum Gasteiger partial charge on any atom is -0.328 e. The van der Waals surface area contributed by atoms with E-state index in [1.165, 1.54) is 11.1 Å². The lowest BCUT2D eigenvalue weighted by Gasteiger charge is -2.19. The van der Waals surface area contributed by atoms with E-state index in [9.17, 15) is 4.39 Å². The average Bonchev–Trinajstić information content (AvgIpc) is 2.52. The van der Waals surface area contributed by atoms with Crippen molar-refractivity contribution in [1.29, 1.82) is 0 Å². The van der Waals surface area contributed by atoms with Gasteiger partial charge in [0.2, 0.25) is 0 Å². The van der Waals surface area contributed by atoms with Crippen LogP contribution in [0.5, 0.6) is 0 Å². The van der Waals surface area contributed by atoms with Crippen LogP contribution in [0.25, 0.3) is 0 Å². The van der Waals surface area contributed by atoms with Gasteiger partial charge < -0.3 is 5.73 Å². The lowest BCUT2D eigenvalue weighted by Crippen LogP contribution is -2.25. The quantitative estimate of drug-likeness (QED) is 0.816. The van der Waals surface area contributed by atoms with Crippen LogP contribution in [-0.2, 0) is 6.42 Å². The first kappa shape index (κ1) is 11.6. The van der Waals surface area contributed by atoms with E-state index < -0.39 is 5.67 Å². The molecule has 2 rings (SSSR count). The van der Waals surface area contributed by atoms with Crippen molar-refractivity contribution in [2.75, 3.05) is 0 Å². The van der Waals surface area contributed by atoms with Gasteiger partial charge in [0.25, 0.3) is 0 Å². The lowest BCUT2D eigenvalue weighted by atomic mass is 9.93. The fourth-order valence-corrected chi connectivity index (χ4v) is 2.56. The third-order valence-electron chi connectivity index (χ3n) is 3.68. The topological polar surface area (TPSA) is 26.0 Å². The predicted molar refractivity (Wildman–Crippen MR) is 65.3 cm³/mol. The van der Waals surface area contributed by atoms with Crippen LogP contribution in [0.1, 0.15) is 36.0 Å². The van der Waals surface area contributed by atoms with Crippen LogP contribution in [0.4, 0.5) is 4.39 Å². The van der Waals surface area contributed by atoms with Gasteiger partial charge in [0.15, 0.2) is 0 Å². The summed E-state index contributed by atoms with van der Waals surface area (Å²) in [7, 11) is 0. The van der Waals surface area contributed by atoms with Crippen LogP contribution < -0.4 is 5.73 Å². The Morgan fingerprint density at radius 3 is 2.69 bits per heavy atom. The minimum absolute atomic E-state index is 0.0524. The van der Waals surface area contributed by atoms with Crippen LogP contribution in [0.2, 0.25) is 0 Å². The molecule has 1 aliphatic rings. The van der Waals surface area contributed by atoms with Gasteiger partial charge >= 0.3 is 0 Å². The average molecular weight is 221 g/mol. The largest absolute Gasteiger partial charge is 0.328 e. The van der Waals surface area contributed by atoms with E-state index >= 15 is 0 Å². The molecule has 0 spiro atoms. The zero-order valence-corrected chi connectivity index (χ0v) is 10.1. The Labute approximate surface area is 96.9 Å². The third-order valence-corrected chi connectivity index (χ3v) is 3.68. The third kappa shape index (κ3) is 2.43. The second-order valence-corrected chi connectivity index (χ2v) is 5.25. The van der Waals surface area contributed by atoms with Gasteiger partial charge in [-0.15, -0.1) is 0 Å². The van der Waals surface area contributed by atoms with Gasteiger partial charge in [0.05, 0.1) is 0 Å². The molecule has 0 bridgehead atoms. The number of aryl methyl sites for hydroxylation is 2. The number of nitrogens with two attached hydrogens (primary N) is 1. The maximum absolute atomic E-state index is 14.4. The summed E-state index contributed by atoms with van der Waals surface area (Å²) in [5.74, 6) is 0. The predicted octanol–water partition coefficient (Wildman–Crippen LogP) is 3.07. The Balaban J connectivity index is 2.12. The molecular formula is C14H20FN. The van der Waals surface area contributed by atoms with E-state index in [2.05, 4.69) is 26.0 Å². The molecule has 1 aromatic carbocycles. The van der Waals surface area contributed by atoms with Crippen LogP contribution in [-0.4, -0.2) is 11.7 Å². The van der Waals surface area contributed by atoms with Crippen molar-refractivity contribution in [3.8, 4) is 0 Å². The summed E-state index contributed by atoms with van der Waals surface area (Å²) in [6, 6.07) is 6.26. The Morgan fingerprint density at radius 1 is 1.38 bits per heavy atom. The summed E-state index contributed by atoms with van der Waals surface area (Å²) in [4.78, 5) is 0. The highest BCUT2D eigenvalue weighted by Crippen LogP contribution is 2.35. The molecule has 2 unspecified atom stereocenters. The number of hydrogen-bond donors (Lipinski definition) is 1. The molecule has 0 amide bonds. The number of alkyl halides is 1. The molecule has 2 N–H and O–H groups in total. The van der Waals surface area contributed by atoms with E-state index in [0.717, 1.165) is 12.0 Å². The first-order valence-electron chi connectivity index (χ1n) is 5.99. The van der Waals surface area contributed by atoms with E-state index in [0.29, 0.717) is 19.3 Å². The monoisotopic (exact) mass is 221 g/mol. The summed E-state index contributed by atoms with van der Waals surface area (Å²) in [5.41, 5.74) is 8.31. The normalized spacial score (nSPS) is 29.6. The van der Waals surface area contributed by atoms with Crippen molar-refractivity contribution in [1.82, 2.24) is 0 Å². The van der Waals surface area contributed by atoms with Crippen LogP contribution >= 0.6 is 0 Å². The molecule has 1 fully saturated rings. The standard InChI is InChI=1S/C14H20FN/c1-10-3-4-12(7-11(10)2)8-14(15)6-5-13(16)9-14/h3-4,7,13H,5-6,8-9,16H2,1-2H3. The van der Waals surface area contributed by atoms with Crippen molar-refractivity contribution < 1.29 is 4.39 Å². The zero-order valence-electron chi connectivity index (χ0n) is 10.1. The molecule has 1 nitrogen and oxygen atoms in total. The van der Waals surface area contributed by atoms with E-state index in [1.54, 1.807) is 0 Å². The van der Waals surface area contributed by atoms with Crippen molar-refractivity contribution in [3.63, 3.8) is 0 Å². The SMILES string of the molecule is Cc1ccc(CC2(F)CCC(N)C2)cc1C. The van der Waals surface area contributed by atoms with Crippen LogP contribution in [0, 0.1) is 13.8 Å². The van der Waals surface area contributed by atoms with E-state index in [1.807, 2.05) is 6.07 Å². The number of rotatable bonds is 2. The van der Waals surface area contributed by atoms with Gasteiger partial charge in [0.1, 0.15) is 5.67 Å². The summed E-state index contributed by atoms with van der Waals surface area (Å²) in [6.45, 7) is 4.15. The second kappa shape index (κ2) is 4.17. The van der Waals surface area contributed by atoms with Gasteiger partial charge in [0, 0.05) is 12.5 Å². The highest BCUT2D eigenvalue weighted by atomic mass is 19.1. The minimum atomic E-state index is -1.07. The van der Waals surface area contributed by atoms with Crippen molar-refractivity contribution >= 4 is 0 Å². The summed E-state index contributed by atoms with van der Waals surface area (Å²) >= 11 is 0. The molecule has 0 radical (unpaired) electrons. The molecule has 0 aromatic heterocycles. The lowest BCUT2D eigenvalue weighted by molar-refractivity contribution is 0.170. The fourth-order valence-electron chi connectivity index (χ4n) is 2.56. The molecule has 2 atom stereocenters. The Bertz CT molecular complexity index is 388. The molecule has 0 aliphatic heterocycles. The first-order valence-corrected chi connectivity index (χ1v) is 5.99. The molecular weight excluding hydrogens is 201 g/mol. The maximum atomic E-state index is 14.4. The fraction of sp³-hybridized carbons (Fsp3) is 0.571. The van der Waals surface area contributed by atoms with E-state index in [-0.39, 0.29) is 6.04 Å². The Kier molecular flexibility index (Phi) is 3.02. The zero-order chi connectivity index (χ0) is 11.8. The number of benzene rings is 1. The van der Waals surface area contributed by atoms with Gasteiger partial charge in [-0.25, -0.2) is 4.39 Å². The first-order chi connectivity index (χ1) is 7.48. The van der Waals surface area contributed by atoms with Gasteiger partial charge in [-0.3, -0.25) is 0 Å². The summed E-state index contributed by atoms with van der Waals surface area (Å²) < 4.78 is 14.4. The molecule has 0 heterocycles. The highest BCUT2D eigenvalue weighted by molar-refractivity contribution is 5.31.